The van der Waals surface area contributed by atoms with Gasteiger partial charge in [-0.25, -0.2) is 0 Å². The highest BCUT2D eigenvalue weighted by Crippen LogP contribution is 2.20. The number of hydrogen-bond donors (Lipinski definition) is 0. The van der Waals surface area contributed by atoms with E-state index in [2.05, 4.69) is 16.1 Å². The van der Waals surface area contributed by atoms with Crippen molar-refractivity contribution in [3.8, 4) is 12.3 Å². The SMILES string of the molecule is C#CCC1=NN=C(c2ccc([N+](=O)[O-])o2)S1=S. The molecule has 1 aromatic rings. The first kappa shape index (κ1) is 11.6. The quantitative estimate of drug-likeness (QED) is 0.470. The molecule has 0 spiro atoms. The number of nitro groups is 1. The number of furan rings is 1. The predicted molar refractivity (Wildman–Crippen MR) is 67.5 cm³/mol. The summed E-state index contributed by atoms with van der Waals surface area (Å²) >= 11 is 5.21. The molecule has 0 aromatic carbocycles. The summed E-state index contributed by atoms with van der Waals surface area (Å²) in [5.41, 5.74) is 0. The van der Waals surface area contributed by atoms with E-state index in [1.54, 1.807) is 0 Å². The Balaban J connectivity index is 2.24. The Morgan fingerprint density at radius 2 is 2.35 bits per heavy atom. The van der Waals surface area contributed by atoms with Crippen molar-refractivity contribution >= 4 is 36.6 Å². The molecule has 0 aliphatic carbocycles. The largest absolute Gasteiger partial charge is 0.433 e. The summed E-state index contributed by atoms with van der Waals surface area (Å²) < 4.78 is 5.01. The zero-order chi connectivity index (χ0) is 12.4. The topological polar surface area (TPSA) is 81.0 Å². The van der Waals surface area contributed by atoms with Gasteiger partial charge in [0.05, 0.1) is 12.5 Å². The molecule has 2 heterocycles. The Morgan fingerprint density at radius 1 is 1.59 bits per heavy atom. The maximum absolute atomic E-state index is 10.5. The van der Waals surface area contributed by atoms with E-state index in [0.29, 0.717) is 16.5 Å². The molecule has 0 saturated heterocycles. The normalized spacial score (nSPS) is 18.4. The lowest BCUT2D eigenvalue weighted by Crippen LogP contribution is -2.11. The molecule has 0 radical (unpaired) electrons. The number of hydrogen-bond acceptors (Lipinski definition) is 6. The van der Waals surface area contributed by atoms with E-state index in [4.69, 9.17) is 22.0 Å². The third kappa shape index (κ3) is 2.15. The minimum Gasteiger partial charge on any atom is -0.398 e. The number of nitrogens with zero attached hydrogens (tertiary/aromatic N) is 3. The Bertz CT molecular complexity index is 609. The summed E-state index contributed by atoms with van der Waals surface area (Å²) in [6, 6.07) is 2.71. The lowest BCUT2D eigenvalue weighted by molar-refractivity contribution is -0.402. The molecular formula is C9H5N3O3S2. The van der Waals surface area contributed by atoms with Crippen LogP contribution in [0.5, 0.6) is 0 Å². The van der Waals surface area contributed by atoms with E-state index < -0.39 is 14.4 Å². The molecule has 86 valence electrons. The predicted octanol–water partition coefficient (Wildman–Crippen LogP) is 1.36. The molecule has 0 fully saturated rings. The first-order valence-corrected chi connectivity index (χ1v) is 6.53. The van der Waals surface area contributed by atoms with Crippen LogP contribution in [-0.4, -0.2) is 15.0 Å². The lowest BCUT2D eigenvalue weighted by Gasteiger charge is -1.97. The minimum atomic E-state index is -0.775. The molecule has 0 amide bonds. The molecule has 1 aliphatic rings. The molecular weight excluding hydrogens is 262 g/mol. The second kappa shape index (κ2) is 4.57. The van der Waals surface area contributed by atoms with Crippen LogP contribution >= 0.6 is 0 Å². The fourth-order valence-electron chi connectivity index (χ4n) is 1.16. The van der Waals surface area contributed by atoms with Crippen LogP contribution in [0.2, 0.25) is 0 Å². The van der Waals surface area contributed by atoms with Gasteiger partial charge in [0.15, 0.2) is 10.8 Å². The third-order valence-electron chi connectivity index (χ3n) is 1.88. The highest BCUT2D eigenvalue weighted by molar-refractivity contribution is 8.46. The van der Waals surface area contributed by atoms with Gasteiger partial charge in [-0.2, -0.15) is 0 Å². The van der Waals surface area contributed by atoms with Crippen molar-refractivity contribution in [3.63, 3.8) is 0 Å². The van der Waals surface area contributed by atoms with Gasteiger partial charge in [-0.15, -0.1) is 16.6 Å². The number of terminal acetylenes is 1. The number of rotatable bonds is 3. The second-order valence-electron chi connectivity index (χ2n) is 2.94. The summed E-state index contributed by atoms with van der Waals surface area (Å²) in [5.74, 6) is 2.35. The van der Waals surface area contributed by atoms with Crippen LogP contribution in [0, 0.1) is 22.5 Å². The summed E-state index contributed by atoms with van der Waals surface area (Å²) in [6.07, 6.45) is 5.48. The van der Waals surface area contributed by atoms with Crippen molar-refractivity contribution < 1.29 is 9.34 Å². The molecule has 0 N–H and O–H groups in total. The van der Waals surface area contributed by atoms with E-state index in [1.807, 2.05) is 0 Å². The summed E-state index contributed by atoms with van der Waals surface area (Å²) in [4.78, 5) is 9.85. The molecule has 1 aliphatic heterocycles. The van der Waals surface area contributed by atoms with Gasteiger partial charge < -0.3 is 4.42 Å². The Morgan fingerprint density at radius 3 is 2.94 bits per heavy atom. The lowest BCUT2D eigenvalue weighted by atomic mass is 10.5. The summed E-state index contributed by atoms with van der Waals surface area (Å²) in [7, 11) is -0.775. The first-order chi connectivity index (χ1) is 8.13. The molecule has 17 heavy (non-hydrogen) atoms. The van der Waals surface area contributed by atoms with Crippen LogP contribution in [0.4, 0.5) is 5.88 Å². The fourth-order valence-corrected chi connectivity index (χ4v) is 2.74. The summed E-state index contributed by atoms with van der Waals surface area (Å²) in [6.45, 7) is 0. The van der Waals surface area contributed by atoms with Gasteiger partial charge in [-0.1, -0.05) is 5.92 Å². The molecule has 2 rings (SSSR count). The molecule has 1 unspecified atom stereocenters. The van der Waals surface area contributed by atoms with Gasteiger partial charge in [-0.3, -0.25) is 10.1 Å². The van der Waals surface area contributed by atoms with Gasteiger partial charge in [0.25, 0.3) is 0 Å². The zero-order valence-corrected chi connectivity index (χ0v) is 9.96. The average Bonchev–Trinajstić information content (AvgIpc) is 2.87. The van der Waals surface area contributed by atoms with Crippen LogP contribution in [0.3, 0.4) is 0 Å². The maximum atomic E-state index is 10.5. The standard InChI is InChI=1S/C9H5N3O3S2/c1-2-3-7-10-11-9(17(7)16)6-4-5-8(15-6)12(13)14/h1,4-5H,3H2. The van der Waals surface area contributed by atoms with Crippen LogP contribution in [-0.2, 0) is 20.6 Å². The van der Waals surface area contributed by atoms with Gasteiger partial charge in [-0.05, 0) is 26.7 Å². The van der Waals surface area contributed by atoms with Crippen molar-refractivity contribution in [2.45, 2.75) is 6.42 Å². The van der Waals surface area contributed by atoms with E-state index in [9.17, 15) is 10.1 Å². The first-order valence-electron chi connectivity index (χ1n) is 4.38. The van der Waals surface area contributed by atoms with Crippen LogP contribution in [0.1, 0.15) is 12.2 Å². The molecule has 8 heteroatoms. The molecule has 0 bridgehead atoms. The monoisotopic (exact) mass is 267 g/mol. The van der Waals surface area contributed by atoms with Crippen molar-refractivity contribution in [3.05, 3.63) is 28.0 Å². The van der Waals surface area contributed by atoms with E-state index in [-0.39, 0.29) is 11.6 Å². The molecule has 0 saturated carbocycles. The average molecular weight is 267 g/mol. The highest BCUT2D eigenvalue weighted by Gasteiger charge is 2.24. The van der Waals surface area contributed by atoms with Gasteiger partial charge in [0, 0.05) is 0 Å². The zero-order valence-electron chi connectivity index (χ0n) is 8.32. The molecule has 1 aromatic heterocycles. The van der Waals surface area contributed by atoms with E-state index in [1.165, 1.54) is 12.1 Å². The Labute approximate surface area is 103 Å². The molecule has 6 nitrogen and oxygen atoms in total. The van der Waals surface area contributed by atoms with E-state index >= 15 is 0 Å². The van der Waals surface area contributed by atoms with Gasteiger partial charge >= 0.3 is 5.88 Å². The fraction of sp³-hybridized carbons (Fsp3) is 0.111. The Hall–Kier alpha value is -1.85. The minimum absolute atomic E-state index is 0.269. The highest BCUT2D eigenvalue weighted by atomic mass is 32.8. The van der Waals surface area contributed by atoms with E-state index in [0.717, 1.165) is 0 Å². The van der Waals surface area contributed by atoms with Crippen LogP contribution in [0.25, 0.3) is 0 Å². The third-order valence-corrected chi connectivity index (χ3v) is 4.22. The maximum Gasteiger partial charge on any atom is 0.433 e. The van der Waals surface area contributed by atoms with Crippen LogP contribution in [0.15, 0.2) is 26.8 Å². The summed E-state index contributed by atoms with van der Waals surface area (Å²) in [5, 5.41) is 19.2. The van der Waals surface area contributed by atoms with Gasteiger partial charge in [0.2, 0.25) is 0 Å². The van der Waals surface area contributed by atoms with Crippen molar-refractivity contribution in [2.75, 3.05) is 0 Å². The second-order valence-corrected chi connectivity index (χ2v) is 5.34. The smallest absolute Gasteiger partial charge is 0.398 e. The Kier molecular flexibility index (Phi) is 3.12. The van der Waals surface area contributed by atoms with Crippen LogP contribution < -0.4 is 0 Å². The molecule has 1 atom stereocenters. The van der Waals surface area contributed by atoms with Crippen molar-refractivity contribution in [1.29, 1.82) is 0 Å². The van der Waals surface area contributed by atoms with Gasteiger partial charge in [0.1, 0.15) is 9.97 Å². The van der Waals surface area contributed by atoms with Crippen molar-refractivity contribution in [2.24, 2.45) is 10.2 Å². The van der Waals surface area contributed by atoms with Crippen molar-refractivity contribution in [1.82, 2.24) is 0 Å².